The van der Waals surface area contributed by atoms with E-state index in [1.54, 1.807) is 31.2 Å². The van der Waals surface area contributed by atoms with Crippen molar-refractivity contribution in [1.82, 2.24) is 0 Å². The molecule has 1 aliphatic rings. The maximum Gasteiger partial charge on any atom is 0.296 e. The summed E-state index contributed by atoms with van der Waals surface area (Å²) in [6, 6.07) is 10.0. The van der Waals surface area contributed by atoms with Gasteiger partial charge in [-0.25, -0.2) is 0 Å². The van der Waals surface area contributed by atoms with Crippen molar-refractivity contribution in [2.75, 3.05) is 5.01 Å². The molecule has 0 bridgehead atoms. The second-order valence-corrected chi connectivity index (χ2v) is 7.76. The van der Waals surface area contributed by atoms with E-state index in [0.29, 0.717) is 11.4 Å². The van der Waals surface area contributed by atoms with Gasteiger partial charge in [-0.1, -0.05) is 41.4 Å². The zero-order valence-electron chi connectivity index (χ0n) is 14.7. The summed E-state index contributed by atoms with van der Waals surface area (Å²) in [7, 11) is -4.56. The van der Waals surface area contributed by atoms with Crippen molar-refractivity contribution in [1.29, 1.82) is 0 Å². The van der Waals surface area contributed by atoms with Gasteiger partial charge in [-0.05, 0) is 31.2 Å². The number of anilines is 1. The first-order valence-electron chi connectivity index (χ1n) is 7.50. The molecule has 3 rings (SSSR count). The normalized spacial score (nSPS) is 17.0. The van der Waals surface area contributed by atoms with E-state index in [4.69, 9.17) is 27.8 Å². The number of benzene rings is 2. The molecular weight excluding hydrogens is 438 g/mol. The zero-order valence-corrected chi connectivity index (χ0v) is 19.1. The van der Waals surface area contributed by atoms with Crippen molar-refractivity contribution < 1.29 is 17.8 Å². The van der Waals surface area contributed by atoms with Crippen LogP contribution >= 0.6 is 23.2 Å². The van der Waals surface area contributed by atoms with Gasteiger partial charge in [0.25, 0.3) is 16.0 Å². The Morgan fingerprint density at radius 3 is 2.39 bits per heavy atom. The van der Waals surface area contributed by atoms with Crippen molar-refractivity contribution in [3.8, 4) is 0 Å². The smallest absolute Gasteiger partial charge is 0.282 e. The number of hydrogen-bond donors (Lipinski definition) is 1. The Labute approximate surface area is 193 Å². The van der Waals surface area contributed by atoms with Crippen LogP contribution in [0.15, 0.2) is 62.7 Å². The molecule has 1 aliphatic heterocycles. The van der Waals surface area contributed by atoms with Crippen LogP contribution in [0.25, 0.3) is 0 Å². The number of carbonyl (C=O) groups is 1. The van der Waals surface area contributed by atoms with Crippen molar-refractivity contribution in [2.24, 2.45) is 15.3 Å². The molecule has 0 fully saturated rings. The molecule has 1 N–H and O–H groups in total. The Morgan fingerprint density at radius 2 is 1.79 bits per heavy atom. The molecule has 28 heavy (non-hydrogen) atoms. The number of nitrogens with zero attached hydrogens (tertiary/aromatic N) is 4. The number of carbonyl (C=O) groups excluding carboxylic acids is 1. The van der Waals surface area contributed by atoms with Crippen LogP contribution in [-0.4, -0.2) is 60.2 Å². The van der Waals surface area contributed by atoms with Crippen LogP contribution < -0.4 is 5.01 Å². The van der Waals surface area contributed by atoms with Crippen molar-refractivity contribution >= 4 is 85.9 Å². The Kier molecular flexibility index (Phi) is 7.38. The standard InChI is InChI=1S/C16H12Cl2N4O4S.Na/c1-9-15(20-19-10-5-3-2-4-6-10)16(23)22(21-9)13-7-12(18)14(8-11(13)17)27(24,25)26;/h2-8,15H,1H3,(H,24,25,26);. The third kappa shape index (κ3) is 4.80. The van der Waals surface area contributed by atoms with Crippen LogP contribution in [0.4, 0.5) is 11.4 Å². The largest absolute Gasteiger partial charge is 0.296 e. The molecular formula is C16H12Cl2N4NaO4S. The van der Waals surface area contributed by atoms with Crippen LogP contribution in [0.2, 0.25) is 10.0 Å². The number of halogens is 2. The first kappa shape index (κ1) is 23.0. The van der Waals surface area contributed by atoms with Crippen molar-refractivity contribution in [3.05, 3.63) is 52.5 Å². The molecule has 1 heterocycles. The summed E-state index contributed by atoms with van der Waals surface area (Å²) in [6.45, 7) is 1.61. The van der Waals surface area contributed by atoms with E-state index < -0.39 is 27.0 Å². The van der Waals surface area contributed by atoms with Gasteiger partial charge in [0.05, 0.1) is 27.1 Å². The predicted molar refractivity (Wildman–Crippen MR) is 107 cm³/mol. The van der Waals surface area contributed by atoms with Gasteiger partial charge in [-0.15, -0.1) is 0 Å². The van der Waals surface area contributed by atoms with Gasteiger partial charge in [-0.2, -0.15) is 28.8 Å². The topological polar surface area (TPSA) is 112 Å². The number of rotatable bonds is 4. The van der Waals surface area contributed by atoms with Gasteiger partial charge in [0.2, 0.25) is 0 Å². The third-order valence-electron chi connectivity index (χ3n) is 3.65. The maximum atomic E-state index is 12.7. The molecule has 0 spiro atoms. The minimum Gasteiger partial charge on any atom is -0.282 e. The molecule has 0 saturated carbocycles. The van der Waals surface area contributed by atoms with E-state index >= 15 is 0 Å². The number of hydrogen-bond acceptors (Lipinski definition) is 6. The first-order valence-corrected chi connectivity index (χ1v) is 9.69. The molecule has 0 aromatic heterocycles. The summed E-state index contributed by atoms with van der Waals surface area (Å²) >= 11 is 12.0. The molecule has 12 heteroatoms. The van der Waals surface area contributed by atoms with Gasteiger partial charge in [-0.3, -0.25) is 9.35 Å². The van der Waals surface area contributed by atoms with Crippen LogP contribution in [-0.2, 0) is 14.9 Å². The fraction of sp³-hybridized carbons (Fsp3) is 0.125. The van der Waals surface area contributed by atoms with E-state index in [0.717, 1.165) is 17.1 Å². The monoisotopic (exact) mass is 449 g/mol. The Morgan fingerprint density at radius 1 is 1.14 bits per heavy atom. The summed E-state index contributed by atoms with van der Waals surface area (Å²) in [5, 5.41) is 12.7. The molecule has 1 unspecified atom stereocenters. The van der Waals surface area contributed by atoms with E-state index in [9.17, 15) is 13.2 Å². The zero-order chi connectivity index (χ0) is 19.8. The first-order chi connectivity index (χ1) is 12.7. The molecule has 0 aliphatic carbocycles. The second-order valence-electron chi connectivity index (χ2n) is 5.55. The van der Waals surface area contributed by atoms with Crippen molar-refractivity contribution in [2.45, 2.75) is 17.9 Å². The van der Waals surface area contributed by atoms with Crippen LogP contribution in [0, 0.1) is 0 Å². The molecule has 2 aromatic rings. The molecule has 2 aromatic carbocycles. The average molecular weight is 450 g/mol. The molecule has 1 radical (unpaired) electrons. The summed E-state index contributed by atoms with van der Waals surface area (Å²) < 4.78 is 31.8. The summed E-state index contributed by atoms with van der Waals surface area (Å²) in [5.41, 5.74) is 1.02. The molecule has 8 nitrogen and oxygen atoms in total. The fourth-order valence-electron chi connectivity index (χ4n) is 2.36. The Bertz CT molecular complexity index is 1080. The Hall–Kier alpha value is -1.33. The van der Waals surface area contributed by atoms with Crippen LogP contribution in [0.3, 0.4) is 0 Å². The van der Waals surface area contributed by atoms with Gasteiger partial charge >= 0.3 is 0 Å². The van der Waals surface area contributed by atoms with E-state index in [1.165, 1.54) is 0 Å². The van der Waals surface area contributed by atoms with Gasteiger partial charge < -0.3 is 0 Å². The van der Waals surface area contributed by atoms with Gasteiger partial charge in [0, 0.05) is 29.6 Å². The second kappa shape index (κ2) is 9.00. The molecule has 1 amide bonds. The molecule has 0 saturated heterocycles. The molecule has 141 valence electrons. The summed E-state index contributed by atoms with van der Waals surface area (Å²) in [6.07, 6.45) is 0. The summed E-state index contributed by atoms with van der Waals surface area (Å²) in [4.78, 5) is 12.1. The summed E-state index contributed by atoms with van der Waals surface area (Å²) in [5.74, 6) is -0.523. The number of amides is 1. The van der Waals surface area contributed by atoms with E-state index in [2.05, 4.69) is 15.3 Å². The van der Waals surface area contributed by atoms with Gasteiger partial charge in [0.15, 0.2) is 6.04 Å². The third-order valence-corrected chi connectivity index (χ3v) is 5.27. The van der Waals surface area contributed by atoms with Crippen molar-refractivity contribution in [3.63, 3.8) is 0 Å². The number of azo groups is 1. The van der Waals surface area contributed by atoms with Crippen LogP contribution in [0.5, 0.6) is 0 Å². The predicted octanol–water partition coefficient (Wildman–Crippen LogP) is 3.73. The number of hydrazone groups is 1. The minimum atomic E-state index is -4.56. The van der Waals surface area contributed by atoms with Gasteiger partial charge in [0.1, 0.15) is 4.90 Å². The fourth-order valence-corrected chi connectivity index (χ4v) is 3.69. The minimum absolute atomic E-state index is 0. The maximum absolute atomic E-state index is 12.7. The quantitative estimate of drug-likeness (QED) is 0.435. The van der Waals surface area contributed by atoms with Crippen LogP contribution in [0.1, 0.15) is 6.92 Å². The van der Waals surface area contributed by atoms with E-state index in [-0.39, 0.29) is 45.3 Å². The SMILES string of the molecule is CC1=NN(c2cc(Cl)c(S(=O)(=O)O)cc2Cl)C(=O)C1N=Nc1ccccc1.[Na]. The Balaban J connectivity index is 0.00000280. The average Bonchev–Trinajstić information content (AvgIpc) is 2.89. The van der Waals surface area contributed by atoms with E-state index in [1.807, 2.05) is 6.07 Å². The molecule has 1 atom stereocenters.